The molecule has 0 aliphatic rings. The zero-order valence-electron chi connectivity index (χ0n) is 4.94. The lowest BCUT2D eigenvalue weighted by Gasteiger charge is -1.92. The molecule has 0 heterocycles. The first-order valence-electron chi connectivity index (χ1n) is 2.14. The van der Waals surface area contributed by atoms with Crippen LogP contribution < -0.4 is 5.32 Å². The minimum atomic E-state index is -3.08. The van der Waals surface area contributed by atoms with Crippen LogP contribution in [0.15, 0.2) is 0 Å². The largest absolute Gasteiger partial charge is 0.476 e. The third-order valence-corrected chi connectivity index (χ3v) is 1.19. The van der Waals surface area contributed by atoms with Crippen LogP contribution in [0.4, 0.5) is 4.79 Å². The zero-order valence-corrected chi connectivity index (χ0v) is 5.75. The number of rotatable bonds is 0. The van der Waals surface area contributed by atoms with Crippen LogP contribution in [0.2, 0.25) is 0 Å². The monoisotopic (exact) mass is 181 g/mol. The molecule has 0 unspecified atom stereocenters. The lowest BCUT2D eigenvalue weighted by atomic mass is 10.7. The van der Waals surface area contributed by atoms with Crippen molar-refractivity contribution in [3.05, 3.63) is 0 Å². The van der Waals surface area contributed by atoms with Crippen LogP contribution in [0.3, 0.4) is 0 Å². The summed E-state index contributed by atoms with van der Waals surface area (Å²) in [6.07, 6.45) is -1.74. The fourth-order valence-corrected chi connectivity index (χ4v) is 0.577. The first-order chi connectivity index (χ1) is 4.95. The average Bonchev–Trinajstić information content (AvgIpc) is 1.81. The van der Waals surface area contributed by atoms with Gasteiger partial charge in [-0.25, -0.2) is 9.59 Å². The molecule has 0 saturated heterocycles. The summed E-state index contributed by atoms with van der Waals surface area (Å²) >= 11 is 0. The third kappa shape index (κ3) is 3.20. The lowest BCUT2D eigenvalue weighted by molar-refractivity contribution is -0.129. The highest BCUT2D eigenvalue weighted by atomic mass is 32.2. The highest BCUT2D eigenvalue weighted by Crippen LogP contribution is 1.69. The van der Waals surface area contributed by atoms with Gasteiger partial charge in [0.25, 0.3) is 4.99 Å². The topological polar surface area (TPSA) is 121 Å². The van der Waals surface area contributed by atoms with E-state index in [1.54, 1.807) is 0 Å². The Hall–Kier alpha value is -1.57. The molecule has 7 nitrogen and oxygen atoms in total. The van der Waals surface area contributed by atoms with E-state index in [-0.39, 0.29) is 0 Å². The molecule has 3 N–H and O–H groups in total. The lowest BCUT2D eigenvalue weighted by Crippen LogP contribution is -2.35. The maximum absolute atomic E-state index is 9.93. The Kier molecular flexibility index (Phi) is 3.05. The number of carbonyl (C=O) groups is 2. The van der Waals surface area contributed by atoms with Gasteiger partial charge in [-0.1, -0.05) is 0 Å². The van der Waals surface area contributed by atoms with Crippen molar-refractivity contribution in [2.75, 3.05) is 0 Å². The van der Waals surface area contributed by atoms with Crippen molar-refractivity contribution in [3.63, 3.8) is 0 Å². The molecule has 62 valence electrons. The van der Waals surface area contributed by atoms with E-state index in [0.29, 0.717) is 0 Å². The first kappa shape index (κ1) is 9.43. The Labute approximate surface area is 61.8 Å². The molecule has 1 amide bonds. The van der Waals surface area contributed by atoms with Gasteiger partial charge >= 0.3 is 12.1 Å². The SMILES string of the molecule is O=C(O)NC(C(=O)O)=S(=O)=O. The molecule has 0 atom stereocenters. The predicted molar refractivity (Wildman–Crippen MR) is 32.7 cm³/mol. The second kappa shape index (κ2) is 3.56. The van der Waals surface area contributed by atoms with Gasteiger partial charge in [-0.05, 0) is 0 Å². The molecule has 0 aromatic rings. The number of carboxylic acids is 1. The minimum Gasteiger partial charge on any atom is -0.476 e. The molecule has 0 rings (SSSR count). The van der Waals surface area contributed by atoms with Crippen LogP contribution in [0.5, 0.6) is 0 Å². The molecule has 0 saturated carbocycles. The Balaban J connectivity index is 4.82. The number of aliphatic carboxylic acids is 1. The van der Waals surface area contributed by atoms with Crippen LogP contribution in [0.25, 0.3) is 0 Å². The Morgan fingerprint density at radius 2 is 1.64 bits per heavy atom. The molecule has 0 spiro atoms. The van der Waals surface area contributed by atoms with Gasteiger partial charge in [0.1, 0.15) is 0 Å². The summed E-state index contributed by atoms with van der Waals surface area (Å²) in [5.74, 6) is -1.85. The van der Waals surface area contributed by atoms with Gasteiger partial charge in [-0.2, -0.15) is 8.42 Å². The van der Waals surface area contributed by atoms with Gasteiger partial charge in [-0.3, -0.25) is 5.32 Å². The normalized spacial score (nSPS) is 8.36. The van der Waals surface area contributed by atoms with Crippen molar-refractivity contribution in [3.8, 4) is 0 Å². The highest BCUT2D eigenvalue weighted by Gasteiger charge is 2.13. The van der Waals surface area contributed by atoms with E-state index in [9.17, 15) is 18.0 Å². The van der Waals surface area contributed by atoms with Gasteiger partial charge in [-0.15, -0.1) is 0 Å². The van der Waals surface area contributed by atoms with Crippen molar-refractivity contribution in [2.24, 2.45) is 0 Å². The summed E-state index contributed by atoms with van der Waals surface area (Å²) in [6, 6.07) is 0. The predicted octanol–water partition coefficient (Wildman–Crippen LogP) is -1.65. The van der Waals surface area contributed by atoms with Crippen molar-refractivity contribution in [1.29, 1.82) is 0 Å². The molecule has 0 aliphatic heterocycles. The van der Waals surface area contributed by atoms with E-state index in [1.807, 2.05) is 0 Å². The van der Waals surface area contributed by atoms with Gasteiger partial charge in [0.15, 0.2) is 0 Å². The number of amides is 1. The van der Waals surface area contributed by atoms with Crippen LogP contribution in [-0.4, -0.2) is 35.7 Å². The van der Waals surface area contributed by atoms with E-state index in [4.69, 9.17) is 10.2 Å². The fourth-order valence-electron chi connectivity index (χ4n) is 0.264. The number of hydrogen-bond acceptors (Lipinski definition) is 4. The molecule has 0 aromatic carbocycles. The minimum absolute atomic E-state index is 1.20. The first-order valence-corrected chi connectivity index (χ1v) is 3.22. The van der Waals surface area contributed by atoms with E-state index < -0.39 is 27.3 Å². The van der Waals surface area contributed by atoms with E-state index in [0.717, 1.165) is 0 Å². The summed E-state index contributed by atoms with van der Waals surface area (Å²) in [5, 5.41) is 17.1. The second-order valence-corrected chi connectivity index (χ2v) is 2.18. The van der Waals surface area contributed by atoms with Crippen LogP contribution in [-0.2, 0) is 15.1 Å². The maximum atomic E-state index is 9.93. The third-order valence-electron chi connectivity index (χ3n) is 0.581. The second-order valence-electron chi connectivity index (χ2n) is 1.30. The Morgan fingerprint density at radius 3 is 1.73 bits per heavy atom. The molecule has 0 radical (unpaired) electrons. The van der Waals surface area contributed by atoms with Crippen molar-refractivity contribution in [1.82, 2.24) is 5.32 Å². The average molecular weight is 181 g/mol. The van der Waals surface area contributed by atoms with E-state index in [1.165, 1.54) is 5.32 Å². The zero-order chi connectivity index (χ0) is 9.02. The molecular formula is C3H3NO6S. The van der Waals surface area contributed by atoms with E-state index >= 15 is 0 Å². The van der Waals surface area contributed by atoms with Crippen LogP contribution in [0.1, 0.15) is 0 Å². The summed E-state index contributed by atoms with van der Waals surface area (Å²) in [7, 11) is -3.08. The summed E-state index contributed by atoms with van der Waals surface area (Å²) in [4.78, 5) is 18.4. The van der Waals surface area contributed by atoms with Gasteiger partial charge in [0, 0.05) is 0 Å². The Bertz CT molecular complexity index is 305. The molecule has 0 aliphatic carbocycles. The molecular weight excluding hydrogens is 178 g/mol. The molecule has 0 bridgehead atoms. The van der Waals surface area contributed by atoms with Gasteiger partial charge < -0.3 is 10.2 Å². The van der Waals surface area contributed by atoms with Crippen molar-refractivity contribution >= 4 is 27.3 Å². The number of nitrogens with one attached hydrogen (secondary N) is 1. The van der Waals surface area contributed by atoms with Gasteiger partial charge in [0.2, 0.25) is 10.3 Å². The standard InChI is InChI=1S/C3H3NO6S/c5-2(6)1(11(9)10)4-3(7)8/h4H,(H,5,6)(H,7,8). The summed E-state index contributed by atoms with van der Waals surface area (Å²) < 4.78 is 19.9. The number of hydrogen-bond donors (Lipinski definition) is 3. The van der Waals surface area contributed by atoms with Crippen molar-refractivity contribution < 1.29 is 28.2 Å². The highest BCUT2D eigenvalue weighted by molar-refractivity contribution is 7.74. The summed E-state index contributed by atoms with van der Waals surface area (Å²) in [6.45, 7) is 0. The van der Waals surface area contributed by atoms with Crippen LogP contribution in [0, 0.1) is 0 Å². The quantitative estimate of drug-likeness (QED) is 0.385. The Morgan fingerprint density at radius 1 is 1.18 bits per heavy atom. The van der Waals surface area contributed by atoms with E-state index in [2.05, 4.69) is 0 Å². The molecule has 8 heteroatoms. The number of carboxylic acid groups (broad SMARTS) is 2. The molecule has 0 aromatic heterocycles. The van der Waals surface area contributed by atoms with Crippen LogP contribution >= 0.6 is 0 Å². The molecule has 11 heavy (non-hydrogen) atoms. The maximum Gasteiger partial charge on any atom is 0.410 e. The summed E-state index contributed by atoms with van der Waals surface area (Å²) in [5.41, 5.74) is 0. The smallest absolute Gasteiger partial charge is 0.410 e. The van der Waals surface area contributed by atoms with Gasteiger partial charge in [0.05, 0.1) is 0 Å². The fraction of sp³-hybridized carbons (Fsp3) is 0. The molecule has 0 fully saturated rings. The van der Waals surface area contributed by atoms with Crippen molar-refractivity contribution in [2.45, 2.75) is 0 Å².